The van der Waals surface area contributed by atoms with Crippen molar-refractivity contribution in [2.75, 3.05) is 19.0 Å². The van der Waals surface area contributed by atoms with Gasteiger partial charge in [0, 0.05) is 14.1 Å². The maximum Gasteiger partial charge on any atom is 0.277 e. The Balaban J connectivity index is 2.76. The summed E-state index contributed by atoms with van der Waals surface area (Å²) in [6.07, 6.45) is 1.38. The van der Waals surface area contributed by atoms with E-state index in [9.17, 15) is 4.79 Å². The molecule has 2 rings (SSSR count). The molecule has 0 spiro atoms. The minimum Gasteiger partial charge on any atom is -0.363 e. The third kappa shape index (κ3) is 1.32. The van der Waals surface area contributed by atoms with Gasteiger partial charge in [0.25, 0.3) is 5.56 Å². The van der Waals surface area contributed by atoms with Gasteiger partial charge in [-0.3, -0.25) is 4.79 Å². The van der Waals surface area contributed by atoms with Crippen LogP contribution < -0.4 is 10.5 Å². The van der Waals surface area contributed by atoms with E-state index in [1.165, 1.54) is 6.33 Å². The second-order valence-corrected chi connectivity index (χ2v) is 3.16. The summed E-state index contributed by atoms with van der Waals surface area (Å²) in [5, 5.41) is 0. The lowest BCUT2D eigenvalue weighted by Crippen LogP contribution is -2.14. The van der Waals surface area contributed by atoms with E-state index >= 15 is 0 Å². The van der Waals surface area contributed by atoms with Gasteiger partial charge in [-0.25, -0.2) is 9.97 Å². The Bertz CT molecular complexity index is 517. The zero-order valence-electron chi connectivity index (χ0n) is 7.98. The first kappa shape index (κ1) is 8.68. The molecule has 1 N–H and O–H groups in total. The standard InChI is InChI=1S/C9H10N4O/c1-13(2)7-4-3-6-8(12-7)9(14)11-5-10-6/h3-5H,1-2H3,(H,10,11,14). The monoisotopic (exact) mass is 190 g/mol. The molecule has 0 atom stereocenters. The highest BCUT2D eigenvalue weighted by Crippen LogP contribution is 2.10. The molecule has 0 radical (unpaired) electrons. The summed E-state index contributed by atoms with van der Waals surface area (Å²) in [5.41, 5.74) is 0.775. The Kier molecular flexibility index (Phi) is 1.92. The van der Waals surface area contributed by atoms with Gasteiger partial charge >= 0.3 is 0 Å². The van der Waals surface area contributed by atoms with Crippen molar-refractivity contribution in [3.63, 3.8) is 0 Å². The Morgan fingerprint density at radius 2 is 2.14 bits per heavy atom. The third-order valence-electron chi connectivity index (χ3n) is 1.93. The molecule has 0 aromatic carbocycles. The summed E-state index contributed by atoms with van der Waals surface area (Å²) in [6.45, 7) is 0. The average Bonchev–Trinajstić information content (AvgIpc) is 2.18. The molecule has 5 heteroatoms. The number of nitrogens with one attached hydrogen (secondary N) is 1. The van der Waals surface area contributed by atoms with E-state index in [1.807, 2.05) is 25.1 Å². The van der Waals surface area contributed by atoms with Gasteiger partial charge in [-0.2, -0.15) is 0 Å². The molecule has 0 aliphatic rings. The molecule has 0 saturated heterocycles. The molecule has 2 aromatic heterocycles. The summed E-state index contributed by atoms with van der Waals surface area (Å²) in [7, 11) is 3.75. The summed E-state index contributed by atoms with van der Waals surface area (Å²) in [5.74, 6) is 0.746. The van der Waals surface area contributed by atoms with Crippen LogP contribution in [0.4, 0.5) is 5.82 Å². The van der Waals surface area contributed by atoms with Crippen molar-refractivity contribution in [1.82, 2.24) is 15.0 Å². The van der Waals surface area contributed by atoms with E-state index in [0.717, 1.165) is 5.82 Å². The van der Waals surface area contributed by atoms with Crippen molar-refractivity contribution in [3.05, 3.63) is 28.8 Å². The zero-order valence-corrected chi connectivity index (χ0v) is 7.98. The molecule has 0 saturated carbocycles. The van der Waals surface area contributed by atoms with E-state index < -0.39 is 0 Å². The summed E-state index contributed by atoms with van der Waals surface area (Å²) in [4.78, 5) is 23.9. The number of pyridine rings is 1. The summed E-state index contributed by atoms with van der Waals surface area (Å²) in [6, 6.07) is 3.61. The number of hydrogen-bond acceptors (Lipinski definition) is 4. The predicted molar refractivity (Wildman–Crippen MR) is 54.5 cm³/mol. The lowest BCUT2D eigenvalue weighted by Gasteiger charge is -2.10. The number of fused-ring (bicyclic) bond motifs is 1. The summed E-state index contributed by atoms with van der Waals surface area (Å²) >= 11 is 0. The van der Waals surface area contributed by atoms with E-state index in [-0.39, 0.29) is 5.56 Å². The molecule has 0 unspecified atom stereocenters. The van der Waals surface area contributed by atoms with Crippen LogP contribution in [0.3, 0.4) is 0 Å². The van der Waals surface area contributed by atoms with Crippen LogP contribution in [0.25, 0.3) is 11.0 Å². The van der Waals surface area contributed by atoms with Crippen molar-refractivity contribution < 1.29 is 0 Å². The first-order chi connectivity index (χ1) is 6.68. The summed E-state index contributed by atoms with van der Waals surface area (Å²) < 4.78 is 0. The highest BCUT2D eigenvalue weighted by molar-refractivity contribution is 5.74. The molecular weight excluding hydrogens is 180 g/mol. The maximum atomic E-state index is 11.4. The minimum atomic E-state index is -0.210. The Hall–Kier alpha value is -1.91. The fraction of sp³-hybridized carbons (Fsp3) is 0.222. The van der Waals surface area contributed by atoms with Crippen LogP contribution >= 0.6 is 0 Å². The molecule has 0 aliphatic heterocycles. The van der Waals surface area contributed by atoms with E-state index in [0.29, 0.717) is 11.0 Å². The first-order valence-corrected chi connectivity index (χ1v) is 4.20. The molecule has 0 bridgehead atoms. The van der Waals surface area contributed by atoms with Crippen molar-refractivity contribution in [3.8, 4) is 0 Å². The van der Waals surface area contributed by atoms with Crippen LogP contribution in [0.1, 0.15) is 0 Å². The van der Waals surface area contributed by atoms with Gasteiger partial charge in [-0.15, -0.1) is 0 Å². The molecule has 2 heterocycles. The molecule has 2 aromatic rings. The van der Waals surface area contributed by atoms with Crippen LogP contribution in [0.5, 0.6) is 0 Å². The number of aromatic amines is 1. The molecular formula is C9H10N4O. The van der Waals surface area contributed by atoms with Crippen LogP contribution in [-0.4, -0.2) is 29.0 Å². The van der Waals surface area contributed by atoms with Crippen LogP contribution in [0, 0.1) is 0 Å². The van der Waals surface area contributed by atoms with E-state index in [1.54, 1.807) is 6.07 Å². The number of aromatic nitrogens is 3. The lowest BCUT2D eigenvalue weighted by molar-refractivity contribution is 1.07. The lowest BCUT2D eigenvalue weighted by atomic mass is 10.3. The number of rotatable bonds is 1. The first-order valence-electron chi connectivity index (χ1n) is 4.20. The van der Waals surface area contributed by atoms with Crippen molar-refractivity contribution in [2.24, 2.45) is 0 Å². The normalized spacial score (nSPS) is 10.4. The van der Waals surface area contributed by atoms with Crippen LogP contribution in [0.2, 0.25) is 0 Å². The number of anilines is 1. The maximum absolute atomic E-state index is 11.4. The largest absolute Gasteiger partial charge is 0.363 e. The Labute approximate surface area is 80.4 Å². The molecule has 0 amide bonds. The van der Waals surface area contributed by atoms with Crippen LogP contribution in [0.15, 0.2) is 23.3 Å². The number of hydrogen-bond donors (Lipinski definition) is 1. The topological polar surface area (TPSA) is 61.9 Å². The molecule has 0 fully saturated rings. The van der Waals surface area contributed by atoms with Gasteiger partial charge in [-0.1, -0.05) is 0 Å². The third-order valence-corrected chi connectivity index (χ3v) is 1.93. The van der Waals surface area contributed by atoms with Crippen molar-refractivity contribution >= 4 is 16.9 Å². The smallest absolute Gasteiger partial charge is 0.277 e. The van der Waals surface area contributed by atoms with Gasteiger partial charge in [0.2, 0.25) is 0 Å². The van der Waals surface area contributed by atoms with Gasteiger partial charge in [-0.05, 0) is 12.1 Å². The SMILES string of the molecule is CN(C)c1ccc2nc[nH]c(=O)c2n1. The minimum absolute atomic E-state index is 0.210. The predicted octanol–water partition coefficient (Wildman–Crippen LogP) is 0.384. The number of nitrogens with zero attached hydrogens (tertiary/aromatic N) is 3. The second kappa shape index (κ2) is 3.10. The van der Waals surface area contributed by atoms with Crippen LogP contribution in [-0.2, 0) is 0 Å². The van der Waals surface area contributed by atoms with Gasteiger partial charge in [0.1, 0.15) is 5.82 Å². The zero-order chi connectivity index (χ0) is 10.1. The highest BCUT2D eigenvalue weighted by Gasteiger charge is 2.03. The fourth-order valence-electron chi connectivity index (χ4n) is 1.19. The van der Waals surface area contributed by atoms with E-state index in [2.05, 4.69) is 15.0 Å². The van der Waals surface area contributed by atoms with E-state index in [4.69, 9.17) is 0 Å². The molecule has 5 nitrogen and oxygen atoms in total. The van der Waals surface area contributed by atoms with Crippen molar-refractivity contribution in [1.29, 1.82) is 0 Å². The molecule has 72 valence electrons. The average molecular weight is 190 g/mol. The van der Waals surface area contributed by atoms with Gasteiger partial charge in [0.15, 0.2) is 5.52 Å². The molecule has 0 aliphatic carbocycles. The van der Waals surface area contributed by atoms with Gasteiger partial charge in [0.05, 0.1) is 11.8 Å². The fourth-order valence-corrected chi connectivity index (χ4v) is 1.19. The molecule has 14 heavy (non-hydrogen) atoms. The second-order valence-electron chi connectivity index (χ2n) is 3.16. The highest BCUT2D eigenvalue weighted by atomic mass is 16.1. The van der Waals surface area contributed by atoms with Gasteiger partial charge < -0.3 is 9.88 Å². The quantitative estimate of drug-likeness (QED) is 0.706. The van der Waals surface area contributed by atoms with Crippen molar-refractivity contribution in [2.45, 2.75) is 0 Å². The number of H-pyrrole nitrogens is 1. The Morgan fingerprint density at radius 3 is 2.86 bits per heavy atom. The Morgan fingerprint density at radius 1 is 1.36 bits per heavy atom.